The van der Waals surface area contributed by atoms with Gasteiger partial charge in [-0.1, -0.05) is 67.9 Å². The molecule has 0 bridgehead atoms. The van der Waals surface area contributed by atoms with Gasteiger partial charge in [-0.3, -0.25) is 0 Å². The van der Waals surface area contributed by atoms with Gasteiger partial charge in [-0.05, 0) is 43.6 Å². The Morgan fingerprint density at radius 3 is 2.06 bits per heavy atom. The zero-order chi connectivity index (χ0) is 12.8. The summed E-state index contributed by atoms with van der Waals surface area (Å²) in [6.45, 7) is 4.58. The van der Waals surface area contributed by atoms with E-state index in [2.05, 4.69) is 68.2 Å². The largest absolute Gasteiger partial charge is 0.0654 e. The van der Waals surface area contributed by atoms with Crippen LogP contribution in [-0.2, 0) is 6.42 Å². The predicted molar refractivity (Wildman–Crippen MR) is 83.6 cm³/mol. The quantitative estimate of drug-likeness (QED) is 0.707. The van der Waals surface area contributed by atoms with Crippen molar-refractivity contribution in [2.24, 2.45) is 0 Å². The van der Waals surface area contributed by atoms with Gasteiger partial charge in [-0.2, -0.15) is 0 Å². The monoisotopic (exact) mass is 256 g/mol. The van der Waals surface area contributed by atoms with E-state index < -0.39 is 0 Å². The van der Waals surface area contributed by atoms with Crippen molar-refractivity contribution in [2.75, 3.05) is 6.66 Å². The van der Waals surface area contributed by atoms with Gasteiger partial charge in [0.15, 0.2) is 0 Å². The van der Waals surface area contributed by atoms with Crippen molar-refractivity contribution in [3.8, 4) is 0 Å². The average molecular weight is 256 g/mol. The van der Waals surface area contributed by atoms with E-state index >= 15 is 0 Å². The maximum Gasteiger partial charge on any atom is -0.0198 e. The van der Waals surface area contributed by atoms with Crippen molar-refractivity contribution in [3.63, 3.8) is 0 Å². The van der Waals surface area contributed by atoms with Gasteiger partial charge in [0.2, 0.25) is 0 Å². The van der Waals surface area contributed by atoms with Crippen LogP contribution >= 0.6 is 7.92 Å². The van der Waals surface area contributed by atoms with Crippen LogP contribution < -0.4 is 10.6 Å². The number of aryl methyl sites for hydroxylation is 1. The summed E-state index contributed by atoms with van der Waals surface area (Å²) >= 11 is 0. The first-order valence-corrected chi connectivity index (χ1v) is 8.48. The van der Waals surface area contributed by atoms with Crippen molar-refractivity contribution in [1.29, 1.82) is 0 Å². The number of rotatable bonds is 5. The first-order valence-electron chi connectivity index (χ1n) is 6.69. The Kier molecular flexibility index (Phi) is 4.96. The van der Waals surface area contributed by atoms with Crippen LogP contribution in [0, 0.1) is 0 Å². The van der Waals surface area contributed by atoms with Gasteiger partial charge in [0.05, 0.1) is 0 Å². The van der Waals surface area contributed by atoms with E-state index in [4.69, 9.17) is 0 Å². The van der Waals surface area contributed by atoms with E-state index in [1.165, 1.54) is 35.4 Å². The predicted octanol–water partition coefficient (Wildman–Crippen LogP) is 4.09. The Morgan fingerprint density at radius 1 is 0.833 bits per heavy atom. The first kappa shape index (κ1) is 13.3. The van der Waals surface area contributed by atoms with E-state index in [0.717, 1.165) is 0 Å². The molecule has 2 rings (SSSR count). The van der Waals surface area contributed by atoms with Crippen LogP contribution in [0.1, 0.15) is 25.3 Å². The second kappa shape index (κ2) is 6.71. The molecule has 0 saturated heterocycles. The Labute approximate surface area is 112 Å². The minimum absolute atomic E-state index is 0.196. The third-order valence-corrected chi connectivity index (χ3v) is 5.43. The summed E-state index contributed by atoms with van der Waals surface area (Å²) in [7, 11) is -0.196. The third-order valence-electron chi connectivity index (χ3n) is 3.29. The molecule has 0 aliphatic carbocycles. The van der Waals surface area contributed by atoms with Gasteiger partial charge in [0.1, 0.15) is 0 Å². The van der Waals surface area contributed by atoms with Crippen LogP contribution in [-0.4, -0.2) is 6.66 Å². The number of hydrogen-bond acceptors (Lipinski definition) is 0. The van der Waals surface area contributed by atoms with E-state index in [1.54, 1.807) is 0 Å². The van der Waals surface area contributed by atoms with Crippen molar-refractivity contribution in [1.82, 2.24) is 0 Å². The standard InChI is InChI=1S/C17H21P/c1-3-4-8-15-11-13-17(14-12-15)18(2)16-9-6-5-7-10-16/h5-7,9-14H,3-4,8H2,1-2H3. The van der Waals surface area contributed by atoms with Gasteiger partial charge in [0.25, 0.3) is 0 Å². The van der Waals surface area contributed by atoms with E-state index in [0.29, 0.717) is 0 Å². The second-order valence-electron chi connectivity index (χ2n) is 4.66. The third kappa shape index (κ3) is 3.43. The molecule has 94 valence electrons. The Bertz CT molecular complexity index is 459. The Morgan fingerprint density at radius 2 is 1.44 bits per heavy atom. The fourth-order valence-corrected chi connectivity index (χ4v) is 3.58. The summed E-state index contributed by atoms with van der Waals surface area (Å²) in [5, 5.41) is 2.92. The average Bonchev–Trinajstić information content (AvgIpc) is 2.46. The van der Waals surface area contributed by atoms with Crippen molar-refractivity contribution in [3.05, 3.63) is 60.2 Å². The SMILES string of the molecule is CCCCc1ccc(P(C)c2ccccc2)cc1. The molecule has 0 N–H and O–H groups in total. The summed E-state index contributed by atoms with van der Waals surface area (Å²) in [5.74, 6) is 0. The molecule has 0 saturated carbocycles. The maximum atomic E-state index is 2.34. The van der Waals surface area contributed by atoms with E-state index in [9.17, 15) is 0 Å². The molecule has 0 nitrogen and oxygen atoms in total. The fourth-order valence-electron chi connectivity index (χ4n) is 2.07. The molecule has 1 unspecified atom stereocenters. The van der Waals surface area contributed by atoms with Crippen molar-refractivity contribution >= 4 is 18.5 Å². The second-order valence-corrected chi connectivity index (χ2v) is 6.82. The molecule has 0 fully saturated rings. The lowest BCUT2D eigenvalue weighted by molar-refractivity contribution is 0.795. The number of unbranched alkanes of at least 4 members (excludes halogenated alkanes) is 1. The summed E-state index contributed by atoms with van der Waals surface area (Å²) in [4.78, 5) is 0. The highest BCUT2D eigenvalue weighted by Crippen LogP contribution is 2.28. The molecule has 18 heavy (non-hydrogen) atoms. The van der Waals surface area contributed by atoms with Crippen LogP contribution in [0.3, 0.4) is 0 Å². The molecule has 0 aliphatic heterocycles. The van der Waals surface area contributed by atoms with E-state index in [1.807, 2.05) is 0 Å². The van der Waals surface area contributed by atoms with Gasteiger partial charge < -0.3 is 0 Å². The van der Waals surface area contributed by atoms with Crippen molar-refractivity contribution in [2.45, 2.75) is 26.2 Å². The summed E-state index contributed by atoms with van der Waals surface area (Å²) in [5.41, 5.74) is 1.47. The van der Waals surface area contributed by atoms with Crippen LogP contribution in [0.4, 0.5) is 0 Å². The zero-order valence-electron chi connectivity index (χ0n) is 11.3. The van der Waals surface area contributed by atoms with Gasteiger partial charge in [-0.15, -0.1) is 0 Å². The summed E-state index contributed by atoms with van der Waals surface area (Å²) in [6, 6.07) is 20.0. The molecule has 0 radical (unpaired) electrons. The summed E-state index contributed by atoms with van der Waals surface area (Å²) < 4.78 is 0. The Hall–Kier alpha value is -1.13. The van der Waals surface area contributed by atoms with E-state index in [-0.39, 0.29) is 7.92 Å². The topological polar surface area (TPSA) is 0 Å². The highest BCUT2D eigenvalue weighted by Gasteiger charge is 2.06. The van der Waals surface area contributed by atoms with Crippen LogP contribution in [0.5, 0.6) is 0 Å². The maximum absolute atomic E-state index is 2.34. The molecular weight excluding hydrogens is 235 g/mol. The summed E-state index contributed by atoms with van der Waals surface area (Å²) in [6.07, 6.45) is 3.77. The molecule has 0 aromatic heterocycles. The highest BCUT2D eigenvalue weighted by atomic mass is 31.1. The molecule has 1 atom stereocenters. The molecular formula is C17H21P. The van der Waals surface area contributed by atoms with Crippen LogP contribution in [0.15, 0.2) is 54.6 Å². The molecule has 2 aromatic rings. The fraction of sp³-hybridized carbons (Fsp3) is 0.294. The lowest BCUT2D eigenvalue weighted by Crippen LogP contribution is -2.10. The molecule has 1 heteroatoms. The molecule has 0 heterocycles. The lowest BCUT2D eigenvalue weighted by Gasteiger charge is -2.13. The normalized spacial score (nSPS) is 12.3. The Balaban J connectivity index is 2.09. The molecule has 0 amide bonds. The van der Waals surface area contributed by atoms with Crippen LogP contribution in [0.25, 0.3) is 0 Å². The minimum Gasteiger partial charge on any atom is -0.0654 e. The van der Waals surface area contributed by atoms with Gasteiger partial charge in [0, 0.05) is 0 Å². The molecule has 2 aromatic carbocycles. The molecule has 0 aliphatic rings. The first-order chi connectivity index (χ1) is 8.81. The van der Waals surface area contributed by atoms with Crippen LogP contribution in [0.2, 0.25) is 0 Å². The highest BCUT2D eigenvalue weighted by molar-refractivity contribution is 7.72. The lowest BCUT2D eigenvalue weighted by atomic mass is 10.1. The van der Waals surface area contributed by atoms with Crippen molar-refractivity contribution < 1.29 is 0 Å². The minimum atomic E-state index is -0.196. The number of hydrogen-bond donors (Lipinski definition) is 0. The smallest absolute Gasteiger partial charge is 0.0198 e. The van der Waals surface area contributed by atoms with Gasteiger partial charge >= 0.3 is 0 Å². The van der Waals surface area contributed by atoms with Gasteiger partial charge in [-0.25, -0.2) is 0 Å². The zero-order valence-corrected chi connectivity index (χ0v) is 12.2. The molecule has 0 spiro atoms. The number of benzene rings is 2.